The number of para-hydroxylation sites is 1. The zero-order valence-electron chi connectivity index (χ0n) is 17.6. The highest BCUT2D eigenvalue weighted by Gasteiger charge is 2.11. The molecule has 4 aromatic rings. The minimum atomic E-state index is -0.187. The van der Waals surface area contributed by atoms with Gasteiger partial charge in [0.2, 0.25) is 0 Å². The Hall–Kier alpha value is -3.77. The predicted octanol–water partition coefficient (Wildman–Crippen LogP) is 4.89. The van der Waals surface area contributed by atoms with E-state index in [0.29, 0.717) is 35.3 Å². The second-order valence-electron chi connectivity index (χ2n) is 7.32. The van der Waals surface area contributed by atoms with Crippen LogP contribution in [-0.4, -0.2) is 28.8 Å². The number of hydrogen-bond donors (Lipinski definition) is 2. The van der Waals surface area contributed by atoms with Crippen molar-refractivity contribution in [1.82, 2.24) is 15.1 Å². The molecule has 32 heavy (non-hydrogen) atoms. The van der Waals surface area contributed by atoms with Crippen LogP contribution in [0.1, 0.15) is 15.9 Å². The van der Waals surface area contributed by atoms with Gasteiger partial charge in [0, 0.05) is 17.2 Å². The monoisotopic (exact) mass is 446 g/mol. The maximum atomic E-state index is 12.4. The van der Waals surface area contributed by atoms with Gasteiger partial charge in [-0.05, 0) is 49.4 Å². The number of benzene rings is 3. The number of nitrogens with one attached hydrogen (secondary N) is 1. The molecule has 1 amide bonds. The average Bonchev–Trinajstić information content (AvgIpc) is 3.19. The number of ether oxygens (including phenoxy) is 1. The van der Waals surface area contributed by atoms with Crippen molar-refractivity contribution in [3.8, 4) is 22.7 Å². The SMILES string of the molecule is Cc1cccc(-c2cc(N)n(-c3ccc(C(=O)NCCOc4ccccc4Cl)cc3)n2)c1. The molecule has 0 aliphatic heterocycles. The van der Waals surface area contributed by atoms with Crippen LogP contribution in [0, 0.1) is 6.92 Å². The maximum Gasteiger partial charge on any atom is 0.251 e. The molecule has 0 spiro atoms. The number of nitrogens with two attached hydrogens (primary N) is 1. The van der Waals surface area contributed by atoms with E-state index >= 15 is 0 Å². The van der Waals surface area contributed by atoms with Crippen molar-refractivity contribution in [1.29, 1.82) is 0 Å². The summed E-state index contributed by atoms with van der Waals surface area (Å²) in [6.07, 6.45) is 0. The van der Waals surface area contributed by atoms with E-state index in [2.05, 4.69) is 16.5 Å². The Bertz CT molecular complexity index is 1230. The first-order valence-electron chi connectivity index (χ1n) is 10.2. The molecule has 0 aliphatic rings. The molecule has 3 aromatic carbocycles. The molecule has 3 N–H and O–H groups in total. The second kappa shape index (κ2) is 9.58. The van der Waals surface area contributed by atoms with Crippen LogP contribution in [0.5, 0.6) is 5.75 Å². The van der Waals surface area contributed by atoms with Crippen LogP contribution in [-0.2, 0) is 0 Å². The van der Waals surface area contributed by atoms with Crippen LogP contribution in [0.15, 0.2) is 78.9 Å². The molecule has 6 nitrogen and oxygen atoms in total. The lowest BCUT2D eigenvalue weighted by Crippen LogP contribution is -2.28. The fourth-order valence-corrected chi connectivity index (χ4v) is 3.48. The summed E-state index contributed by atoms with van der Waals surface area (Å²) in [5.74, 6) is 0.929. The van der Waals surface area contributed by atoms with E-state index < -0.39 is 0 Å². The molecule has 0 fully saturated rings. The van der Waals surface area contributed by atoms with Gasteiger partial charge in [0.15, 0.2) is 0 Å². The van der Waals surface area contributed by atoms with Gasteiger partial charge in [-0.3, -0.25) is 4.79 Å². The topological polar surface area (TPSA) is 82.2 Å². The van der Waals surface area contributed by atoms with Gasteiger partial charge in [0.05, 0.1) is 22.9 Å². The second-order valence-corrected chi connectivity index (χ2v) is 7.72. The van der Waals surface area contributed by atoms with Gasteiger partial charge in [-0.2, -0.15) is 5.10 Å². The predicted molar refractivity (Wildman–Crippen MR) is 127 cm³/mol. The molecule has 1 aromatic heterocycles. The number of nitrogens with zero attached hydrogens (tertiary/aromatic N) is 2. The molecule has 0 aliphatic carbocycles. The molecular formula is C25H23ClN4O2. The van der Waals surface area contributed by atoms with Crippen LogP contribution in [0.25, 0.3) is 16.9 Å². The van der Waals surface area contributed by atoms with Crippen molar-refractivity contribution in [2.24, 2.45) is 0 Å². The lowest BCUT2D eigenvalue weighted by atomic mass is 10.1. The molecule has 0 unspecified atom stereocenters. The van der Waals surface area contributed by atoms with Crippen molar-refractivity contribution in [3.63, 3.8) is 0 Å². The molecule has 1 heterocycles. The number of hydrogen-bond acceptors (Lipinski definition) is 4. The first-order chi connectivity index (χ1) is 15.5. The Balaban J connectivity index is 1.38. The Morgan fingerprint density at radius 2 is 1.84 bits per heavy atom. The average molecular weight is 447 g/mol. The smallest absolute Gasteiger partial charge is 0.251 e. The number of anilines is 1. The summed E-state index contributed by atoms with van der Waals surface area (Å²) in [5.41, 5.74) is 10.5. The molecule has 0 saturated carbocycles. The first-order valence-corrected chi connectivity index (χ1v) is 10.6. The third kappa shape index (κ3) is 4.92. The lowest BCUT2D eigenvalue weighted by Gasteiger charge is -2.09. The molecule has 0 bridgehead atoms. The van der Waals surface area contributed by atoms with Gasteiger partial charge in [0.25, 0.3) is 5.91 Å². The number of carbonyl (C=O) groups excluding carboxylic acids is 1. The number of halogens is 1. The highest BCUT2D eigenvalue weighted by atomic mass is 35.5. The zero-order chi connectivity index (χ0) is 22.5. The third-order valence-electron chi connectivity index (χ3n) is 4.91. The largest absolute Gasteiger partial charge is 0.490 e. The summed E-state index contributed by atoms with van der Waals surface area (Å²) >= 11 is 6.05. The van der Waals surface area contributed by atoms with E-state index in [4.69, 9.17) is 22.1 Å². The summed E-state index contributed by atoms with van der Waals surface area (Å²) in [4.78, 5) is 12.4. The van der Waals surface area contributed by atoms with Crippen molar-refractivity contribution in [2.45, 2.75) is 6.92 Å². The summed E-state index contributed by atoms with van der Waals surface area (Å²) < 4.78 is 7.25. The Morgan fingerprint density at radius 1 is 1.06 bits per heavy atom. The molecule has 4 rings (SSSR count). The van der Waals surface area contributed by atoms with E-state index in [1.807, 2.05) is 55.5 Å². The Kier molecular flexibility index (Phi) is 6.42. The third-order valence-corrected chi connectivity index (χ3v) is 5.22. The standard InChI is InChI=1S/C25H23ClN4O2/c1-17-5-4-6-19(15-17)22-16-24(27)30(29-22)20-11-9-18(10-12-20)25(31)28-13-14-32-23-8-3-2-7-21(23)26/h2-12,15-16H,13-14,27H2,1H3,(H,28,31). The van der Waals surface area contributed by atoms with Gasteiger partial charge >= 0.3 is 0 Å². The number of aromatic nitrogens is 2. The van der Waals surface area contributed by atoms with E-state index in [1.54, 1.807) is 28.9 Å². The minimum absolute atomic E-state index is 0.187. The van der Waals surface area contributed by atoms with Gasteiger partial charge in [-0.25, -0.2) is 4.68 Å². The van der Waals surface area contributed by atoms with Crippen LogP contribution >= 0.6 is 11.6 Å². The van der Waals surface area contributed by atoms with Crippen molar-refractivity contribution >= 4 is 23.3 Å². The lowest BCUT2D eigenvalue weighted by molar-refractivity contribution is 0.0947. The molecule has 0 atom stereocenters. The Morgan fingerprint density at radius 3 is 2.59 bits per heavy atom. The van der Waals surface area contributed by atoms with Crippen LogP contribution < -0.4 is 15.8 Å². The molecular weight excluding hydrogens is 424 g/mol. The van der Waals surface area contributed by atoms with Gasteiger partial charge < -0.3 is 15.8 Å². The molecule has 162 valence electrons. The minimum Gasteiger partial charge on any atom is -0.490 e. The highest BCUT2D eigenvalue weighted by Crippen LogP contribution is 2.24. The van der Waals surface area contributed by atoms with E-state index in [-0.39, 0.29) is 5.91 Å². The normalized spacial score (nSPS) is 10.7. The fraction of sp³-hybridized carbons (Fsp3) is 0.120. The number of carbonyl (C=O) groups is 1. The first kappa shape index (κ1) is 21.5. The summed E-state index contributed by atoms with van der Waals surface area (Å²) in [6, 6.07) is 24.3. The van der Waals surface area contributed by atoms with E-state index in [9.17, 15) is 4.79 Å². The number of nitrogen functional groups attached to an aromatic ring is 1. The van der Waals surface area contributed by atoms with E-state index in [0.717, 1.165) is 22.5 Å². The summed E-state index contributed by atoms with van der Waals surface area (Å²) in [5, 5.41) is 8.00. The van der Waals surface area contributed by atoms with Gasteiger partial charge in [-0.1, -0.05) is 47.5 Å². The number of aryl methyl sites for hydroxylation is 1. The number of rotatable bonds is 7. The van der Waals surface area contributed by atoms with Crippen molar-refractivity contribution < 1.29 is 9.53 Å². The Labute approximate surface area is 191 Å². The summed E-state index contributed by atoms with van der Waals surface area (Å²) in [6.45, 7) is 2.72. The quantitative estimate of drug-likeness (QED) is 0.396. The fourth-order valence-electron chi connectivity index (χ4n) is 3.29. The maximum absolute atomic E-state index is 12.4. The van der Waals surface area contributed by atoms with Crippen LogP contribution in [0.4, 0.5) is 5.82 Å². The van der Waals surface area contributed by atoms with Crippen LogP contribution in [0.2, 0.25) is 5.02 Å². The summed E-state index contributed by atoms with van der Waals surface area (Å²) in [7, 11) is 0. The van der Waals surface area contributed by atoms with Crippen molar-refractivity contribution in [2.75, 3.05) is 18.9 Å². The van der Waals surface area contributed by atoms with Gasteiger partial charge in [0.1, 0.15) is 18.2 Å². The molecule has 0 saturated heterocycles. The van der Waals surface area contributed by atoms with Crippen molar-refractivity contribution in [3.05, 3.63) is 95.0 Å². The highest BCUT2D eigenvalue weighted by molar-refractivity contribution is 6.32. The zero-order valence-corrected chi connectivity index (χ0v) is 18.3. The van der Waals surface area contributed by atoms with Crippen LogP contribution in [0.3, 0.4) is 0 Å². The van der Waals surface area contributed by atoms with E-state index in [1.165, 1.54) is 0 Å². The van der Waals surface area contributed by atoms with Gasteiger partial charge in [-0.15, -0.1) is 0 Å². The number of amides is 1. The molecule has 7 heteroatoms. The molecule has 0 radical (unpaired) electrons.